The molecule has 438 valence electrons. The van der Waals surface area contributed by atoms with Gasteiger partial charge in [-0.15, -0.1) is 0 Å². The first-order valence-corrected chi connectivity index (χ1v) is 31.7. The molecule has 1 amide bonds. The highest BCUT2D eigenvalue weighted by Gasteiger charge is 2.44. The fourth-order valence-corrected chi connectivity index (χ4v) is 10.3. The number of hydrogen-bond donors (Lipinski definition) is 8. The number of aliphatic hydroxyl groups is 7. The minimum Gasteiger partial charge on any atom is -0.394 e. The second kappa shape index (κ2) is 52.3. The lowest BCUT2D eigenvalue weighted by atomic mass is 9.98. The Morgan fingerprint density at radius 2 is 0.811 bits per heavy atom. The molecule has 0 saturated carbocycles. The molecule has 0 aromatic carbocycles. The first kappa shape index (κ1) is 70.6. The van der Waals surface area contributed by atoms with Gasteiger partial charge in [-0.25, -0.2) is 0 Å². The average Bonchev–Trinajstić information content (AvgIpc) is 3.40. The van der Waals surface area contributed by atoms with Crippen molar-refractivity contribution in [3.05, 3.63) is 24.3 Å². The smallest absolute Gasteiger partial charge is 0.249 e. The summed E-state index contributed by atoms with van der Waals surface area (Å²) in [5, 5.41) is 76.3. The third-order valence-electron chi connectivity index (χ3n) is 15.5. The monoisotopic (exact) mass is 1050 g/mol. The summed E-state index contributed by atoms with van der Waals surface area (Å²) in [4.78, 5) is 13.2. The van der Waals surface area contributed by atoms with Crippen LogP contribution in [0.4, 0.5) is 0 Å². The molecule has 1 rings (SSSR count). The number of hydrogen-bond acceptors (Lipinski definition) is 10. The van der Waals surface area contributed by atoms with Crippen molar-refractivity contribution in [3.8, 4) is 0 Å². The van der Waals surface area contributed by atoms with Crippen LogP contribution in [0, 0.1) is 0 Å². The highest BCUT2D eigenvalue weighted by atomic mass is 16.7. The molecule has 74 heavy (non-hydrogen) atoms. The molecule has 0 aromatic rings. The molecule has 0 radical (unpaired) electrons. The van der Waals surface area contributed by atoms with Gasteiger partial charge >= 0.3 is 0 Å². The third kappa shape index (κ3) is 39.9. The Kier molecular flexibility index (Phi) is 49.9. The van der Waals surface area contributed by atoms with Crippen LogP contribution >= 0.6 is 0 Å². The molecule has 1 aliphatic rings. The van der Waals surface area contributed by atoms with Gasteiger partial charge in [0.25, 0.3) is 0 Å². The number of unbranched alkanes of at least 4 members (excludes halogenated alkanes) is 39. The number of rotatable bonds is 55. The second-order valence-electron chi connectivity index (χ2n) is 22.5. The first-order valence-electron chi connectivity index (χ1n) is 31.7. The topological polar surface area (TPSA) is 189 Å². The Morgan fingerprint density at radius 1 is 0.459 bits per heavy atom. The Hall–Kier alpha value is -1.41. The zero-order valence-electron chi connectivity index (χ0n) is 48.1. The van der Waals surface area contributed by atoms with E-state index in [0.717, 1.165) is 38.5 Å². The third-order valence-corrected chi connectivity index (χ3v) is 15.5. The van der Waals surface area contributed by atoms with E-state index in [9.17, 15) is 40.5 Å². The molecule has 9 unspecified atom stereocenters. The van der Waals surface area contributed by atoms with Gasteiger partial charge < -0.3 is 50.5 Å². The van der Waals surface area contributed by atoms with Crippen molar-refractivity contribution in [2.75, 3.05) is 13.2 Å². The van der Waals surface area contributed by atoms with Crippen molar-refractivity contribution in [3.63, 3.8) is 0 Å². The summed E-state index contributed by atoms with van der Waals surface area (Å²) in [5.74, 6) is -0.704. The van der Waals surface area contributed by atoms with Crippen LogP contribution in [0.25, 0.3) is 0 Å². The number of ether oxygens (including phenoxy) is 2. The van der Waals surface area contributed by atoms with Gasteiger partial charge in [0.2, 0.25) is 5.91 Å². The van der Waals surface area contributed by atoms with Gasteiger partial charge in [0.05, 0.1) is 25.4 Å². The van der Waals surface area contributed by atoms with Crippen LogP contribution in [0.2, 0.25) is 0 Å². The van der Waals surface area contributed by atoms with Crippen molar-refractivity contribution < 1.29 is 50.0 Å². The van der Waals surface area contributed by atoms with Crippen LogP contribution in [-0.2, 0) is 14.3 Å². The molecule has 0 aromatic heterocycles. The van der Waals surface area contributed by atoms with Crippen LogP contribution in [0.5, 0.6) is 0 Å². The predicted molar refractivity (Wildman–Crippen MR) is 307 cm³/mol. The molecular weight excluding hydrogens is 931 g/mol. The fraction of sp³-hybridized carbons (Fsp3) is 0.921. The first-order chi connectivity index (χ1) is 36.2. The average molecular weight is 1050 g/mol. The molecule has 0 aliphatic carbocycles. The van der Waals surface area contributed by atoms with Crippen LogP contribution in [0.3, 0.4) is 0 Å². The normalized spacial score (nSPS) is 19.9. The number of carbonyl (C=O) groups excluding carboxylic acids is 1. The molecule has 9 atom stereocenters. The Bertz CT molecular complexity index is 1250. The van der Waals surface area contributed by atoms with E-state index >= 15 is 0 Å². The van der Waals surface area contributed by atoms with Gasteiger partial charge in [0.1, 0.15) is 36.6 Å². The fourth-order valence-electron chi connectivity index (χ4n) is 10.3. The lowest BCUT2D eigenvalue weighted by Gasteiger charge is -2.40. The maximum atomic E-state index is 13.2. The van der Waals surface area contributed by atoms with E-state index in [1.807, 2.05) is 0 Å². The molecule has 8 N–H and O–H groups in total. The van der Waals surface area contributed by atoms with E-state index < -0.39 is 74.2 Å². The lowest BCUT2D eigenvalue weighted by Crippen LogP contribution is -2.60. The summed E-state index contributed by atoms with van der Waals surface area (Å²) in [5.41, 5.74) is 0. The quantitative estimate of drug-likeness (QED) is 0.0215. The number of nitrogens with one attached hydrogen (secondary N) is 1. The molecule has 11 nitrogen and oxygen atoms in total. The van der Waals surface area contributed by atoms with Gasteiger partial charge in [0, 0.05) is 0 Å². The number of aliphatic hydroxyl groups excluding tert-OH is 7. The molecule has 0 bridgehead atoms. The van der Waals surface area contributed by atoms with E-state index in [2.05, 4.69) is 43.5 Å². The van der Waals surface area contributed by atoms with Crippen molar-refractivity contribution in [1.29, 1.82) is 0 Å². The van der Waals surface area contributed by atoms with E-state index in [1.165, 1.54) is 218 Å². The lowest BCUT2D eigenvalue weighted by molar-refractivity contribution is -0.303. The van der Waals surface area contributed by atoms with E-state index in [-0.39, 0.29) is 12.8 Å². The Morgan fingerprint density at radius 3 is 1.20 bits per heavy atom. The minimum absolute atomic E-state index is 0.249. The molecule has 11 heteroatoms. The van der Waals surface area contributed by atoms with Gasteiger partial charge in [-0.2, -0.15) is 0 Å². The van der Waals surface area contributed by atoms with Crippen LogP contribution in [0.1, 0.15) is 303 Å². The van der Waals surface area contributed by atoms with Crippen molar-refractivity contribution in [2.24, 2.45) is 0 Å². The summed E-state index contributed by atoms with van der Waals surface area (Å²) in [6, 6.07) is -1.19. The molecule has 1 heterocycles. The summed E-state index contributed by atoms with van der Waals surface area (Å²) < 4.78 is 11.2. The highest BCUT2D eigenvalue weighted by Crippen LogP contribution is 2.24. The molecular formula is C63H121NO10. The largest absolute Gasteiger partial charge is 0.394 e. The van der Waals surface area contributed by atoms with Crippen molar-refractivity contribution in [2.45, 2.75) is 358 Å². The van der Waals surface area contributed by atoms with Crippen LogP contribution in [-0.4, -0.2) is 110 Å². The molecule has 1 fully saturated rings. The SMILES string of the molecule is CCCCCCCCCCCCCCC/C=C/CC/C=C/CCCC(O)C(O)C(COC1OC(CO)C(O)C(O)C1O)NC(=O)C(O)CCCCCCCCCCCCCCCCCCCCCCCCCCC. The summed E-state index contributed by atoms with van der Waals surface area (Å²) in [6.45, 7) is 3.48. The Balaban J connectivity index is 2.28. The molecule has 1 saturated heterocycles. The maximum absolute atomic E-state index is 13.2. The predicted octanol–water partition coefficient (Wildman–Crippen LogP) is 14.1. The standard InChI is InChI=1S/C63H121NO10/c1-3-5-7-9-11-13-15-17-19-21-23-25-27-28-29-31-33-35-37-39-41-43-45-47-49-51-56(67)62(72)64-54(53-73-63-61(71)60(70)59(69)57(52-65)74-63)58(68)55(66)50-48-46-44-42-40-38-36-34-32-30-26-24-22-20-18-16-14-12-10-8-6-4-2/h34,36,42,44,54-61,63,65-71H,3-33,35,37-41,43,45-53H2,1-2H3,(H,64,72)/b36-34+,44-42+. The van der Waals surface area contributed by atoms with Crippen molar-refractivity contribution in [1.82, 2.24) is 5.32 Å². The zero-order valence-corrected chi connectivity index (χ0v) is 48.1. The minimum atomic E-state index is -1.67. The summed E-state index contributed by atoms with van der Waals surface area (Å²) in [6.07, 6.45) is 52.5. The molecule has 1 aliphatic heterocycles. The van der Waals surface area contributed by atoms with Gasteiger partial charge in [-0.1, -0.05) is 276 Å². The zero-order chi connectivity index (χ0) is 54.0. The van der Waals surface area contributed by atoms with Crippen LogP contribution in [0.15, 0.2) is 24.3 Å². The second-order valence-corrected chi connectivity index (χ2v) is 22.5. The van der Waals surface area contributed by atoms with Gasteiger partial charge in [-0.05, 0) is 51.4 Å². The Labute approximate surface area is 454 Å². The van der Waals surface area contributed by atoms with E-state index in [4.69, 9.17) is 9.47 Å². The maximum Gasteiger partial charge on any atom is 0.249 e. The summed E-state index contributed by atoms with van der Waals surface area (Å²) in [7, 11) is 0. The van der Waals surface area contributed by atoms with Gasteiger partial charge in [-0.3, -0.25) is 4.79 Å². The number of allylic oxidation sites excluding steroid dienone is 4. The van der Waals surface area contributed by atoms with E-state index in [1.54, 1.807) is 0 Å². The van der Waals surface area contributed by atoms with Crippen LogP contribution < -0.4 is 5.32 Å². The van der Waals surface area contributed by atoms with Gasteiger partial charge in [0.15, 0.2) is 6.29 Å². The van der Waals surface area contributed by atoms with Crippen molar-refractivity contribution >= 4 is 5.91 Å². The molecule has 0 spiro atoms. The summed E-state index contributed by atoms with van der Waals surface area (Å²) >= 11 is 0. The van der Waals surface area contributed by atoms with E-state index in [0.29, 0.717) is 19.3 Å². The number of carbonyl (C=O) groups is 1. The number of amides is 1. The highest BCUT2D eigenvalue weighted by molar-refractivity contribution is 5.80.